The van der Waals surface area contributed by atoms with Crippen LogP contribution in [0.5, 0.6) is 0 Å². The molecule has 1 aromatic rings. The summed E-state index contributed by atoms with van der Waals surface area (Å²) in [5.41, 5.74) is 1.23. The van der Waals surface area contributed by atoms with Crippen LogP contribution in [0.3, 0.4) is 0 Å². The van der Waals surface area contributed by atoms with Crippen molar-refractivity contribution in [1.82, 2.24) is 10.3 Å². The molecule has 3 rings (SSSR count). The molecule has 0 saturated carbocycles. The molecule has 98 valence electrons. The quantitative estimate of drug-likeness (QED) is 0.902. The fourth-order valence-electron chi connectivity index (χ4n) is 2.67. The van der Waals surface area contributed by atoms with Gasteiger partial charge < -0.3 is 5.32 Å². The second-order valence-corrected chi connectivity index (χ2v) is 6.07. The molecule has 0 bridgehead atoms. The van der Waals surface area contributed by atoms with Gasteiger partial charge in [-0.05, 0) is 38.6 Å². The molecule has 0 radical (unpaired) electrons. The number of rotatable bonds is 4. The van der Waals surface area contributed by atoms with Crippen LogP contribution >= 0.6 is 11.3 Å². The highest BCUT2D eigenvalue weighted by atomic mass is 32.1. The van der Waals surface area contributed by atoms with Gasteiger partial charge in [0.05, 0.1) is 11.7 Å². The molecular weight excluding hydrogens is 246 g/mol. The molecule has 1 atom stereocenters. The average Bonchev–Trinajstić information content (AvgIpc) is 3.00. The van der Waals surface area contributed by atoms with Crippen LogP contribution in [0.25, 0.3) is 0 Å². The van der Waals surface area contributed by atoms with Crippen molar-refractivity contribution in [3.63, 3.8) is 0 Å². The number of carbonyl (C=O) groups excluding carboxylic acids is 1. The van der Waals surface area contributed by atoms with Gasteiger partial charge in [0.25, 0.3) is 0 Å². The first-order valence-corrected chi connectivity index (χ1v) is 7.64. The van der Waals surface area contributed by atoms with Crippen LogP contribution in [-0.2, 0) is 17.6 Å². The molecule has 1 N–H and O–H groups in total. The fraction of sp³-hybridized carbons (Fsp3) is 0.692. The van der Waals surface area contributed by atoms with Gasteiger partial charge >= 0.3 is 0 Å². The summed E-state index contributed by atoms with van der Waals surface area (Å²) in [6.07, 6.45) is 5.43. The first-order chi connectivity index (χ1) is 8.79. The maximum absolute atomic E-state index is 12.3. The number of aryl methyl sites for hydroxylation is 2. The van der Waals surface area contributed by atoms with E-state index in [0.717, 1.165) is 43.9 Å². The summed E-state index contributed by atoms with van der Waals surface area (Å²) >= 11 is 1.72. The van der Waals surface area contributed by atoms with Crippen molar-refractivity contribution in [3.8, 4) is 0 Å². The molecule has 5 heteroatoms. The minimum Gasteiger partial charge on any atom is -0.306 e. The molecule has 4 nitrogen and oxygen atoms in total. The smallest absolute Gasteiger partial charge is 0.245 e. The third-order valence-electron chi connectivity index (χ3n) is 3.66. The van der Waals surface area contributed by atoms with Crippen LogP contribution < -0.4 is 10.2 Å². The topological polar surface area (TPSA) is 45.2 Å². The van der Waals surface area contributed by atoms with Crippen LogP contribution in [0.2, 0.25) is 0 Å². The monoisotopic (exact) mass is 265 g/mol. The molecule has 0 spiro atoms. The van der Waals surface area contributed by atoms with Gasteiger partial charge in [-0.2, -0.15) is 0 Å². The van der Waals surface area contributed by atoms with E-state index in [1.165, 1.54) is 17.0 Å². The third-order valence-corrected chi connectivity index (χ3v) is 4.84. The van der Waals surface area contributed by atoms with Gasteiger partial charge in [-0.25, -0.2) is 4.98 Å². The van der Waals surface area contributed by atoms with Crippen molar-refractivity contribution >= 4 is 22.4 Å². The van der Waals surface area contributed by atoms with Gasteiger partial charge in [-0.15, -0.1) is 11.3 Å². The molecule has 1 fully saturated rings. The molecule has 1 aliphatic heterocycles. The van der Waals surface area contributed by atoms with Crippen LogP contribution in [-0.4, -0.2) is 30.0 Å². The number of fused-ring (bicyclic) bond motifs is 1. The molecule has 1 saturated heterocycles. The number of aromatic nitrogens is 1. The van der Waals surface area contributed by atoms with E-state index in [1.807, 2.05) is 4.90 Å². The minimum atomic E-state index is 0.00342. The van der Waals surface area contributed by atoms with Crippen molar-refractivity contribution in [2.75, 3.05) is 18.0 Å². The predicted octanol–water partition coefficient (Wildman–Crippen LogP) is 1.74. The summed E-state index contributed by atoms with van der Waals surface area (Å²) in [4.78, 5) is 20.2. The summed E-state index contributed by atoms with van der Waals surface area (Å²) < 4.78 is 0. The van der Waals surface area contributed by atoms with E-state index in [-0.39, 0.29) is 11.9 Å². The van der Waals surface area contributed by atoms with Crippen LogP contribution in [0, 0.1) is 0 Å². The van der Waals surface area contributed by atoms with Crippen molar-refractivity contribution in [2.24, 2.45) is 0 Å². The lowest BCUT2D eigenvalue weighted by Gasteiger charge is -2.13. The summed E-state index contributed by atoms with van der Waals surface area (Å²) in [5.74, 6) is 0.205. The Hall–Kier alpha value is -0.940. The maximum Gasteiger partial charge on any atom is 0.245 e. The zero-order valence-corrected chi connectivity index (χ0v) is 11.6. The molecule has 0 aromatic carbocycles. The zero-order valence-electron chi connectivity index (χ0n) is 10.7. The van der Waals surface area contributed by atoms with Crippen LogP contribution in [0.15, 0.2) is 0 Å². The van der Waals surface area contributed by atoms with Crippen molar-refractivity contribution < 1.29 is 4.79 Å². The number of carbonyl (C=O) groups is 1. The first-order valence-electron chi connectivity index (χ1n) is 6.83. The summed E-state index contributed by atoms with van der Waals surface area (Å²) in [5, 5.41) is 4.24. The number of nitrogens with one attached hydrogen (secondary N) is 1. The van der Waals surface area contributed by atoms with E-state index in [2.05, 4.69) is 17.2 Å². The number of thiazole rings is 1. The van der Waals surface area contributed by atoms with E-state index in [0.29, 0.717) is 0 Å². The Labute approximate surface area is 111 Å². The van der Waals surface area contributed by atoms with Gasteiger partial charge in [0, 0.05) is 11.4 Å². The Kier molecular flexibility index (Phi) is 3.35. The number of anilines is 1. The molecule has 2 heterocycles. The minimum absolute atomic E-state index is 0.00342. The summed E-state index contributed by atoms with van der Waals surface area (Å²) in [7, 11) is 0. The SMILES string of the molecule is CCCNC1CCN(c2nc3c(s2)CCC3)C1=O. The molecule has 1 unspecified atom stereocenters. The second-order valence-electron chi connectivity index (χ2n) is 5.01. The van der Waals surface area contributed by atoms with Gasteiger partial charge in [-0.3, -0.25) is 9.69 Å². The fourth-order valence-corrected chi connectivity index (χ4v) is 3.85. The Bertz CT molecular complexity index is 436. The van der Waals surface area contributed by atoms with E-state index in [9.17, 15) is 4.79 Å². The second kappa shape index (κ2) is 4.97. The van der Waals surface area contributed by atoms with Gasteiger partial charge in [0.15, 0.2) is 5.13 Å². The first kappa shape index (κ1) is 12.1. The molecular formula is C13H19N3OS. The Morgan fingerprint density at radius 3 is 3.17 bits per heavy atom. The molecule has 1 amide bonds. The predicted molar refractivity (Wildman–Crippen MR) is 73.2 cm³/mol. The highest BCUT2D eigenvalue weighted by Crippen LogP contribution is 2.34. The lowest BCUT2D eigenvalue weighted by atomic mass is 10.2. The van der Waals surface area contributed by atoms with Crippen LogP contribution in [0.1, 0.15) is 36.8 Å². The third kappa shape index (κ3) is 2.06. The average molecular weight is 265 g/mol. The number of amides is 1. The van der Waals surface area contributed by atoms with Crippen molar-refractivity contribution in [3.05, 3.63) is 10.6 Å². The van der Waals surface area contributed by atoms with Gasteiger partial charge in [0.1, 0.15) is 0 Å². The van der Waals surface area contributed by atoms with Crippen LogP contribution in [0.4, 0.5) is 5.13 Å². The van der Waals surface area contributed by atoms with E-state index in [1.54, 1.807) is 11.3 Å². The van der Waals surface area contributed by atoms with Gasteiger partial charge in [0.2, 0.25) is 5.91 Å². The Morgan fingerprint density at radius 2 is 2.39 bits per heavy atom. The Morgan fingerprint density at radius 1 is 1.50 bits per heavy atom. The zero-order chi connectivity index (χ0) is 12.5. The number of hydrogen-bond donors (Lipinski definition) is 1. The highest BCUT2D eigenvalue weighted by molar-refractivity contribution is 7.16. The number of nitrogens with zero attached hydrogens (tertiary/aromatic N) is 2. The summed E-state index contributed by atoms with van der Waals surface area (Å²) in [6.45, 7) is 3.85. The van der Waals surface area contributed by atoms with E-state index >= 15 is 0 Å². The molecule has 2 aliphatic rings. The molecule has 1 aliphatic carbocycles. The lowest BCUT2D eigenvalue weighted by Crippen LogP contribution is -2.38. The van der Waals surface area contributed by atoms with Gasteiger partial charge in [-0.1, -0.05) is 6.92 Å². The van der Waals surface area contributed by atoms with E-state index in [4.69, 9.17) is 0 Å². The molecule has 18 heavy (non-hydrogen) atoms. The standard InChI is InChI=1S/C13H19N3OS/c1-2-7-14-10-6-8-16(12(10)17)13-15-9-4-3-5-11(9)18-13/h10,14H,2-8H2,1H3. The normalized spacial score (nSPS) is 22.8. The summed E-state index contributed by atoms with van der Waals surface area (Å²) in [6, 6.07) is 0.00342. The highest BCUT2D eigenvalue weighted by Gasteiger charge is 2.34. The number of hydrogen-bond acceptors (Lipinski definition) is 4. The Balaban J connectivity index is 1.71. The maximum atomic E-state index is 12.3. The van der Waals surface area contributed by atoms with Crippen molar-refractivity contribution in [2.45, 2.75) is 45.1 Å². The molecule has 1 aromatic heterocycles. The lowest BCUT2D eigenvalue weighted by molar-refractivity contribution is -0.118. The largest absolute Gasteiger partial charge is 0.306 e. The van der Waals surface area contributed by atoms with Crippen molar-refractivity contribution in [1.29, 1.82) is 0 Å². The van der Waals surface area contributed by atoms with E-state index < -0.39 is 0 Å².